The fourth-order valence-corrected chi connectivity index (χ4v) is 3.37. The summed E-state index contributed by atoms with van der Waals surface area (Å²) in [6.45, 7) is 4.26. The average Bonchev–Trinajstić information content (AvgIpc) is 2.72. The van der Waals surface area contributed by atoms with Gasteiger partial charge in [-0.05, 0) is 25.2 Å². The van der Waals surface area contributed by atoms with E-state index in [4.69, 9.17) is 5.11 Å². The van der Waals surface area contributed by atoms with E-state index in [0.29, 0.717) is 4.88 Å². The molecule has 0 bridgehead atoms. The maximum Gasteiger partial charge on any atom is 0.347 e. The summed E-state index contributed by atoms with van der Waals surface area (Å²) in [5, 5.41) is 9.78. The predicted molar refractivity (Wildman–Crippen MR) is 73.5 cm³/mol. The van der Waals surface area contributed by atoms with E-state index >= 15 is 0 Å². The molecule has 1 N–H and O–H groups in total. The second-order valence-corrected chi connectivity index (χ2v) is 5.89. The van der Waals surface area contributed by atoms with Gasteiger partial charge in [-0.2, -0.15) is 0 Å². The van der Waals surface area contributed by atoms with Gasteiger partial charge in [0.05, 0.1) is 6.20 Å². The molecule has 1 fully saturated rings. The number of nitrogens with zero attached hydrogens (tertiary/aromatic N) is 2. The lowest BCUT2D eigenvalue weighted by atomic mass is 9.96. The zero-order valence-corrected chi connectivity index (χ0v) is 11.6. The Balaban J connectivity index is 1.98. The molecule has 1 aliphatic rings. The molecule has 1 unspecified atom stereocenters. The summed E-state index contributed by atoms with van der Waals surface area (Å²) < 4.78 is 0. The Hall–Kier alpha value is -1.10. The van der Waals surface area contributed by atoms with Gasteiger partial charge in [0.15, 0.2) is 5.13 Å². The van der Waals surface area contributed by atoms with E-state index in [9.17, 15) is 4.79 Å². The van der Waals surface area contributed by atoms with Gasteiger partial charge < -0.3 is 10.0 Å². The number of hydrogen-bond acceptors (Lipinski definition) is 4. The van der Waals surface area contributed by atoms with Crippen molar-refractivity contribution < 1.29 is 9.90 Å². The van der Waals surface area contributed by atoms with E-state index in [0.717, 1.165) is 24.1 Å². The second kappa shape index (κ2) is 6.18. The minimum Gasteiger partial charge on any atom is -0.477 e. The van der Waals surface area contributed by atoms with Crippen LogP contribution in [0.15, 0.2) is 6.20 Å². The van der Waals surface area contributed by atoms with Crippen molar-refractivity contribution in [2.24, 2.45) is 5.92 Å². The van der Waals surface area contributed by atoms with Gasteiger partial charge in [-0.3, -0.25) is 0 Å². The summed E-state index contributed by atoms with van der Waals surface area (Å²) in [5.74, 6) is -0.0451. The van der Waals surface area contributed by atoms with Crippen molar-refractivity contribution in [3.05, 3.63) is 11.1 Å². The van der Waals surface area contributed by atoms with Crippen LogP contribution in [0, 0.1) is 5.92 Å². The minimum absolute atomic E-state index is 0.333. The SMILES string of the molecule is CCCC1CCCN(c2ncc(C(=O)O)s2)CC1. The second-order valence-electron chi connectivity index (χ2n) is 4.88. The number of aromatic carboxylic acids is 1. The van der Waals surface area contributed by atoms with E-state index in [2.05, 4.69) is 16.8 Å². The minimum atomic E-state index is -0.877. The summed E-state index contributed by atoms with van der Waals surface area (Å²) in [7, 11) is 0. The topological polar surface area (TPSA) is 53.4 Å². The Morgan fingerprint density at radius 2 is 2.39 bits per heavy atom. The van der Waals surface area contributed by atoms with Gasteiger partial charge in [0.25, 0.3) is 0 Å². The molecule has 0 amide bonds. The number of thiazole rings is 1. The highest BCUT2D eigenvalue weighted by Gasteiger charge is 2.19. The molecule has 2 rings (SSSR count). The van der Waals surface area contributed by atoms with Gasteiger partial charge in [0, 0.05) is 13.1 Å². The number of carbonyl (C=O) groups is 1. The highest BCUT2D eigenvalue weighted by atomic mass is 32.1. The Bertz CT molecular complexity index is 405. The maximum atomic E-state index is 10.9. The van der Waals surface area contributed by atoms with Crippen LogP contribution >= 0.6 is 11.3 Å². The molecule has 0 radical (unpaired) electrons. The molecule has 1 aromatic heterocycles. The van der Waals surface area contributed by atoms with Crippen molar-refractivity contribution in [2.75, 3.05) is 18.0 Å². The third-order valence-electron chi connectivity index (χ3n) is 3.52. The molecular formula is C13H20N2O2S. The monoisotopic (exact) mass is 268 g/mol. The maximum absolute atomic E-state index is 10.9. The quantitative estimate of drug-likeness (QED) is 0.910. The first-order chi connectivity index (χ1) is 8.70. The van der Waals surface area contributed by atoms with Crippen LogP contribution in [0.5, 0.6) is 0 Å². The standard InChI is InChI=1S/C13H20N2O2S/c1-2-4-10-5-3-7-15(8-6-10)13-14-9-11(18-13)12(16)17/h9-10H,2-8H2,1H3,(H,16,17). The van der Waals surface area contributed by atoms with Crippen molar-refractivity contribution in [1.82, 2.24) is 4.98 Å². The molecule has 1 aromatic rings. The first-order valence-electron chi connectivity index (χ1n) is 6.64. The third-order valence-corrected chi connectivity index (χ3v) is 4.57. The predicted octanol–water partition coefficient (Wildman–Crippen LogP) is 3.25. The lowest BCUT2D eigenvalue weighted by Crippen LogP contribution is -2.23. The number of carboxylic acid groups (broad SMARTS) is 1. The fourth-order valence-electron chi connectivity index (χ4n) is 2.56. The molecule has 5 heteroatoms. The molecule has 2 heterocycles. The molecule has 0 aliphatic carbocycles. The summed E-state index contributed by atoms with van der Waals surface area (Å²) in [6, 6.07) is 0. The summed E-state index contributed by atoms with van der Waals surface area (Å²) in [4.78, 5) is 17.7. The lowest BCUT2D eigenvalue weighted by molar-refractivity contribution is 0.0702. The summed E-state index contributed by atoms with van der Waals surface area (Å²) >= 11 is 1.29. The fraction of sp³-hybridized carbons (Fsp3) is 0.692. The van der Waals surface area contributed by atoms with Crippen LogP contribution in [0.1, 0.15) is 48.7 Å². The molecule has 1 saturated heterocycles. The number of aromatic nitrogens is 1. The van der Waals surface area contributed by atoms with Crippen LogP contribution in [-0.2, 0) is 0 Å². The molecule has 4 nitrogen and oxygen atoms in total. The largest absolute Gasteiger partial charge is 0.477 e. The first kappa shape index (κ1) is 13.3. The Kier molecular flexibility index (Phi) is 4.58. The van der Waals surface area contributed by atoms with Crippen LogP contribution in [0.4, 0.5) is 5.13 Å². The van der Waals surface area contributed by atoms with Gasteiger partial charge in [0.1, 0.15) is 4.88 Å². The summed E-state index contributed by atoms with van der Waals surface area (Å²) in [6.07, 6.45) is 7.72. The molecule has 100 valence electrons. The highest BCUT2D eigenvalue weighted by molar-refractivity contribution is 7.17. The van der Waals surface area contributed by atoms with Crippen LogP contribution in [0.25, 0.3) is 0 Å². The van der Waals surface area contributed by atoms with Crippen molar-refractivity contribution in [3.63, 3.8) is 0 Å². The molecule has 1 aliphatic heterocycles. The smallest absolute Gasteiger partial charge is 0.347 e. The molecule has 1 atom stereocenters. The lowest BCUT2D eigenvalue weighted by Gasteiger charge is -2.19. The average molecular weight is 268 g/mol. The Labute approximate surface area is 112 Å². The number of anilines is 1. The van der Waals surface area contributed by atoms with Crippen molar-refractivity contribution in [2.45, 2.75) is 39.0 Å². The Morgan fingerprint density at radius 3 is 3.06 bits per heavy atom. The van der Waals surface area contributed by atoms with Crippen LogP contribution < -0.4 is 4.90 Å². The normalized spacial score (nSPS) is 20.7. The van der Waals surface area contributed by atoms with Gasteiger partial charge in [-0.1, -0.05) is 31.1 Å². The van der Waals surface area contributed by atoms with E-state index in [-0.39, 0.29) is 0 Å². The van der Waals surface area contributed by atoms with E-state index in [1.807, 2.05) is 0 Å². The molecule has 18 heavy (non-hydrogen) atoms. The zero-order chi connectivity index (χ0) is 13.0. The van der Waals surface area contributed by atoms with Gasteiger partial charge in [0.2, 0.25) is 0 Å². The Morgan fingerprint density at radius 1 is 1.56 bits per heavy atom. The third kappa shape index (κ3) is 3.22. The number of hydrogen-bond donors (Lipinski definition) is 1. The van der Waals surface area contributed by atoms with Crippen molar-refractivity contribution in [1.29, 1.82) is 0 Å². The molecule has 0 saturated carbocycles. The van der Waals surface area contributed by atoms with E-state index < -0.39 is 5.97 Å². The van der Waals surface area contributed by atoms with Crippen LogP contribution in [0.2, 0.25) is 0 Å². The molecule has 0 spiro atoms. The molecule has 0 aromatic carbocycles. The van der Waals surface area contributed by atoms with Gasteiger partial charge in [-0.15, -0.1) is 0 Å². The van der Waals surface area contributed by atoms with Gasteiger partial charge in [-0.25, -0.2) is 9.78 Å². The highest BCUT2D eigenvalue weighted by Crippen LogP contribution is 2.28. The number of rotatable bonds is 4. The van der Waals surface area contributed by atoms with Crippen LogP contribution in [0.3, 0.4) is 0 Å². The van der Waals surface area contributed by atoms with Crippen molar-refractivity contribution >= 4 is 22.4 Å². The van der Waals surface area contributed by atoms with Gasteiger partial charge >= 0.3 is 5.97 Å². The zero-order valence-electron chi connectivity index (χ0n) is 10.8. The first-order valence-corrected chi connectivity index (χ1v) is 7.46. The van der Waals surface area contributed by atoms with E-state index in [1.165, 1.54) is 49.6 Å². The number of carboxylic acids is 1. The molecular weight excluding hydrogens is 248 g/mol. The van der Waals surface area contributed by atoms with Crippen molar-refractivity contribution in [3.8, 4) is 0 Å². The van der Waals surface area contributed by atoms with Crippen LogP contribution in [-0.4, -0.2) is 29.1 Å². The summed E-state index contributed by atoms with van der Waals surface area (Å²) in [5.41, 5.74) is 0. The van der Waals surface area contributed by atoms with E-state index in [1.54, 1.807) is 0 Å².